The Morgan fingerprint density at radius 1 is 1.22 bits per heavy atom. The van der Waals surface area contributed by atoms with E-state index in [0.717, 1.165) is 25.6 Å². The summed E-state index contributed by atoms with van der Waals surface area (Å²) < 4.78 is 56.4. The molecule has 0 bridgehead atoms. The Morgan fingerprint density at radius 2 is 1.87 bits per heavy atom. The van der Waals surface area contributed by atoms with Gasteiger partial charge in [0.15, 0.2) is 9.84 Å². The first-order chi connectivity index (χ1) is 10.7. The number of ether oxygens (including phenoxy) is 1. The minimum absolute atomic E-state index is 0.140. The minimum atomic E-state index is -3.94. The monoisotopic (exact) mass is 362 g/mol. The largest absolute Gasteiger partial charge is 0.383 e. The first kappa shape index (κ1) is 18.3. The highest BCUT2D eigenvalue weighted by Crippen LogP contribution is 2.23. The van der Waals surface area contributed by atoms with Gasteiger partial charge < -0.3 is 10.1 Å². The molecule has 1 aliphatic heterocycles. The summed E-state index contributed by atoms with van der Waals surface area (Å²) in [6.45, 7) is 1.32. The molecule has 0 aliphatic carbocycles. The van der Waals surface area contributed by atoms with E-state index in [1.807, 2.05) is 0 Å². The standard InChI is InChI=1S/C14H22N2O5S2/c1-21-11-14(8-5-9-15-14)10-16-23(19,20)13-7-4-3-6-12(13)22(2,17)18/h3-4,6-7,15-16H,5,8-11H2,1-2H3. The van der Waals surface area contributed by atoms with Gasteiger partial charge in [0.05, 0.1) is 17.0 Å². The number of sulfonamides is 1. The average Bonchev–Trinajstić information content (AvgIpc) is 2.94. The second-order valence-electron chi connectivity index (χ2n) is 5.79. The van der Waals surface area contributed by atoms with Crippen molar-refractivity contribution in [1.82, 2.24) is 10.0 Å². The Balaban J connectivity index is 2.27. The average molecular weight is 362 g/mol. The topological polar surface area (TPSA) is 102 Å². The van der Waals surface area contributed by atoms with Crippen molar-refractivity contribution in [3.05, 3.63) is 24.3 Å². The van der Waals surface area contributed by atoms with Gasteiger partial charge >= 0.3 is 0 Å². The van der Waals surface area contributed by atoms with Crippen LogP contribution in [-0.2, 0) is 24.6 Å². The van der Waals surface area contributed by atoms with Crippen LogP contribution in [0, 0.1) is 0 Å². The highest BCUT2D eigenvalue weighted by Gasteiger charge is 2.35. The maximum atomic E-state index is 12.6. The molecule has 23 heavy (non-hydrogen) atoms. The summed E-state index contributed by atoms with van der Waals surface area (Å²) in [6, 6.07) is 5.59. The van der Waals surface area contributed by atoms with Crippen molar-refractivity contribution in [2.75, 3.05) is 33.1 Å². The Hall–Kier alpha value is -1.00. The van der Waals surface area contributed by atoms with Crippen LogP contribution in [0.3, 0.4) is 0 Å². The Labute approximate surface area is 137 Å². The molecule has 2 rings (SSSR count). The molecule has 1 atom stereocenters. The van der Waals surface area contributed by atoms with Crippen molar-refractivity contribution in [2.45, 2.75) is 28.2 Å². The molecule has 0 radical (unpaired) electrons. The molecule has 1 aromatic carbocycles. The summed E-state index contributed by atoms with van der Waals surface area (Å²) in [7, 11) is -6.02. The van der Waals surface area contributed by atoms with Crippen molar-refractivity contribution in [3.63, 3.8) is 0 Å². The van der Waals surface area contributed by atoms with Crippen molar-refractivity contribution in [2.24, 2.45) is 0 Å². The molecule has 1 unspecified atom stereocenters. The molecule has 0 amide bonds. The summed E-state index contributed by atoms with van der Waals surface area (Å²) in [6.07, 6.45) is 2.72. The summed E-state index contributed by atoms with van der Waals surface area (Å²) >= 11 is 0. The second-order valence-corrected chi connectivity index (χ2v) is 9.51. The predicted octanol–water partition coefficient (Wildman–Crippen LogP) is 0.137. The zero-order valence-corrected chi connectivity index (χ0v) is 14.8. The van der Waals surface area contributed by atoms with Gasteiger partial charge in [0.25, 0.3) is 0 Å². The molecule has 9 heteroatoms. The molecule has 130 valence electrons. The van der Waals surface area contributed by atoms with Gasteiger partial charge in [-0.1, -0.05) is 12.1 Å². The Morgan fingerprint density at radius 3 is 2.39 bits per heavy atom. The summed E-state index contributed by atoms with van der Waals surface area (Å²) in [5, 5.41) is 3.27. The van der Waals surface area contributed by atoms with Gasteiger partial charge in [0, 0.05) is 19.9 Å². The van der Waals surface area contributed by atoms with Crippen molar-refractivity contribution in [3.8, 4) is 0 Å². The zero-order chi connectivity index (χ0) is 17.1. The third-order valence-corrected chi connectivity index (χ3v) is 6.64. The lowest BCUT2D eigenvalue weighted by Crippen LogP contribution is -2.52. The van der Waals surface area contributed by atoms with Gasteiger partial charge in [0.1, 0.15) is 4.90 Å². The lowest BCUT2D eigenvalue weighted by atomic mass is 9.99. The lowest BCUT2D eigenvalue weighted by molar-refractivity contribution is 0.122. The third kappa shape index (κ3) is 4.30. The Kier molecular flexibility index (Phi) is 5.47. The molecule has 0 aromatic heterocycles. The number of nitrogens with one attached hydrogen (secondary N) is 2. The Bertz CT molecular complexity index is 753. The molecule has 0 spiro atoms. The fraction of sp³-hybridized carbons (Fsp3) is 0.571. The molecular formula is C14H22N2O5S2. The van der Waals surface area contributed by atoms with Crippen LogP contribution in [0.2, 0.25) is 0 Å². The molecule has 2 N–H and O–H groups in total. The van der Waals surface area contributed by atoms with Crippen LogP contribution in [0.5, 0.6) is 0 Å². The third-order valence-electron chi connectivity index (χ3n) is 3.89. The first-order valence-electron chi connectivity index (χ1n) is 7.23. The van der Waals surface area contributed by atoms with E-state index >= 15 is 0 Å². The summed E-state index contributed by atoms with van der Waals surface area (Å²) in [5.74, 6) is 0. The molecule has 1 saturated heterocycles. The maximum absolute atomic E-state index is 12.6. The van der Waals surface area contributed by atoms with E-state index in [1.54, 1.807) is 7.11 Å². The van der Waals surface area contributed by atoms with Crippen molar-refractivity contribution >= 4 is 19.9 Å². The second kappa shape index (κ2) is 6.86. The molecule has 7 nitrogen and oxygen atoms in total. The van der Waals surface area contributed by atoms with Gasteiger partial charge in [0.2, 0.25) is 10.0 Å². The van der Waals surface area contributed by atoms with E-state index in [9.17, 15) is 16.8 Å². The summed E-state index contributed by atoms with van der Waals surface area (Å²) in [4.78, 5) is -0.430. The summed E-state index contributed by atoms with van der Waals surface area (Å²) in [5.41, 5.74) is -0.456. The van der Waals surface area contributed by atoms with Crippen LogP contribution in [0.25, 0.3) is 0 Å². The fourth-order valence-electron chi connectivity index (χ4n) is 2.76. The van der Waals surface area contributed by atoms with Gasteiger partial charge in [-0.3, -0.25) is 0 Å². The predicted molar refractivity (Wildman–Crippen MR) is 86.6 cm³/mol. The van der Waals surface area contributed by atoms with Crippen LogP contribution in [-0.4, -0.2) is 55.4 Å². The van der Waals surface area contributed by atoms with Crippen LogP contribution >= 0.6 is 0 Å². The van der Waals surface area contributed by atoms with E-state index in [4.69, 9.17) is 4.74 Å². The van der Waals surface area contributed by atoms with E-state index in [2.05, 4.69) is 10.0 Å². The quantitative estimate of drug-likeness (QED) is 0.715. The molecule has 1 heterocycles. The number of rotatable bonds is 7. The molecule has 1 aliphatic rings. The molecular weight excluding hydrogens is 340 g/mol. The van der Waals surface area contributed by atoms with Crippen LogP contribution in [0.15, 0.2) is 34.1 Å². The van der Waals surface area contributed by atoms with Crippen LogP contribution in [0.4, 0.5) is 0 Å². The van der Waals surface area contributed by atoms with E-state index in [1.165, 1.54) is 24.3 Å². The maximum Gasteiger partial charge on any atom is 0.241 e. The van der Waals surface area contributed by atoms with Gasteiger partial charge in [-0.2, -0.15) is 0 Å². The number of methoxy groups -OCH3 is 1. The molecule has 0 saturated carbocycles. The molecule has 1 fully saturated rings. The van der Waals surface area contributed by atoms with Crippen LogP contribution < -0.4 is 10.0 Å². The van der Waals surface area contributed by atoms with Gasteiger partial charge in [-0.05, 0) is 31.5 Å². The van der Waals surface area contributed by atoms with Crippen LogP contribution in [0.1, 0.15) is 12.8 Å². The first-order valence-corrected chi connectivity index (χ1v) is 10.6. The highest BCUT2D eigenvalue weighted by atomic mass is 32.2. The zero-order valence-electron chi connectivity index (χ0n) is 13.2. The highest BCUT2D eigenvalue weighted by molar-refractivity contribution is 7.93. The van der Waals surface area contributed by atoms with E-state index < -0.39 is 25.4 Å². The smallest absolute Gasteiger partial charge is 0.241 e. The van der Waals surface area contributed by atoms with Crippen molar-refractivity contribution < 1.29 is 21.6 Å². The minimum Gasteiger partial charge on any atom is -0.383 e. The fourth-order valence-corrected chi connectivity index (χ4v) is 5.51. The van der Waals surface area contributed by atoms with E-state index in [0.29, 0.717) is 6.61 Å². The van der Waals surface area contributed by atoms with Gasteiger partial charge in [-0.15, -0.1) is 0 Å². The number of sulfone groups is 1. The number of hydrogen-bond acceptors (Lipinski definition) is 6. The number of hydrogen-bond donors (Lipinski definition) is 2. The van der Waals surface area contributed by atoms with Crippen molar-refractivity contribution in [1.29, 1.82) is 0 Å². The molecule has 1 aromatic rings. The lowest BCUT2D eigenvalue weighted by Gasteiger charge is -2.29. The van der Waals surface area contributed by atoms with Gasteiger partial charge in [-0.25, -0.2) is 21.6 Å². The normalized spacial score (nSPS) is 22.3. The van der Waals surface area contributed by atoms with E-state index in [-0.39, 0.29) is 16.3 Å². The number of benzene rings is 1. The SMILES string of the molecule is COCC1(CNS(=O)(=O)c2ccccc2S(C)(=O)=O)CCCN1.